The Balaban J connectivity index is 2.27. The van der Waals surface area contributed by atoms with E-state index in [2.05, 4.69) is 31.2 Å². The van der Waals surface area contributed by atoms with E-state index in [-0.39, 0.29) is 12.1 Å². The fourth-order valence-corrected chi connectivity index (χ4v) is 3.03. The zero-order valence-corrected chi connectivity index (χ0v) is 16.3. The number of esters is 1. The molecule has 1 aliphatic heterocycles. The molecule has 0 saturated heterocycles. The summed E-state index contributed by atoms with van der Waals surface area (Å²) in [6, 6.07) is 0. The second-order valence-corrected chi connectivity index (χ2v) is 7.06. The molecule has 0 spiro atoms. The van der Waals surface area contributed by atoms with Crippen molar-refractivity contribution in [3.05, 3.63) is 36.5 Å². The summed E-state index contributed by atoms with van der Waals surface area (Å²) in [4.78, 5) is 11.9. The molecule has 142 valence electrons. The third-order valence-corrected chi connectivity index (χ3v) is 4.62. The Morgan fingerprint density at radius 3 is 2.68 bits per heavy atom. The van der Waals surface area contributed by atoms with Gasteiger partial charge in [0.2, 0.25) is 0 Å². The number of cyclic esters (lactones) is 1. The summed E-state index contributed by atoms with van der Waals surface area (Å²) in [7, 11) is 0. The van der Waals surface area contributed by atoms with Crippen LogP contribution in [0.3, 0.4) is 0 Å². The molecule has 0 aromatic rings. The average molecular weight is 347 g/mol. The molecule has 1 unspecified atom stereocenters. The van der Waals surface area contributed by atoms with Gasteiger partial charge in [0.05, 0.1) is 0 Å². The first-order chi connectivity index (χ1) is 12.3. The van der Waals surface area contributed by atoms with E-state index in [4.69, 9.17) is 4.74 Å². The van der Waals surface area contributed by atoms with Gasteiger partial charge in [0, 0.05) is 12.8 Å². The number of ether oxygens (including phenoxy) is 1. The molecule has 1 rings (SSSR count). The van der Waals surface area contributed by atoms with Crippen LogP contribution < -0.4 is 0 Å². The minimum atomic E-state index is -0.123. The molecule has 1 heterocycles. The first-order valence-corrected chi connectivity index (χ1v) is 10.5. The lowest BCUT2D eigenvalue weighted by Gasteiger charge is -2.13. The normalized spacial score (nSPS) is 21.8. The topological polar surface area (TPSA) is 26.3 Å². The van der Waals surface area contributed by atoms with Crippen molar-refractivity contribution in [3.63, 3.8) is 0 Å². The van der Waals surface area contributed by atoms with Gasteiger partial charge in [-0.2, -0.15) is 0 Å². The van der Waals surface area contributed by atoms with Crippen LogP contribution in [0.4, 0.5) is 0 Å². The number of carbonyl (C=O) groups is 1. The largest absolute Gasteiger partial charge is 0.458 e. The van der Waals surface area contributed by atoms with Crippen molar-refractivity contribution in [2.45, 2.75) is 103 Å². The quantitative estimate of drug-likeness (QED) is 0.193. The Bertz CT molecular complexity index is 406. The zero-order chi connectivity index (χ0) is 18.0. The van der Waals surface area contributed by atoms with Crippen LogP contribution in [-0.4, -0.2) is 12.1 Å². The predicted octanol–water partition coefficient (Wildman–Crippen LogP) is 7.06. The SMILES string of the molecule is CCCCCCCCC=CC=CC1C/C=C\CCCCCCC(=O)O1. The van der Waals surface area contributed by atoms with E-state index in [0.717, 1.165) is 32.1 Å². The third-order valence-electron chi connectivity index (χ3n) is 4.62. The Morgan fingerprint density at radius 2 is 1.80 bits per heavy atom. The van der Waals surface area contributed by atoms with Gasteiger partial charge >= 0.3 is 5.97 Å². The van der Waals surface area contributed by atoms with Gasteiger partial charge in [-0.05, 0) is 38.2 Å². The maximum Gasteiger partial charge on any atom is 0.306 e. The summed E-state index contributed by atoms with van der Waals surface area (Å²) in [5, 5.41) is 0. The fraction of sp³-hybridized carbons (Fsp3) is 0.696. The number of carbonyl (C=O) groups excluding carboxylic acids is 1. The predicted molar refractivity (Wildman–Crippen MR) is 108 cm³/mol. The van der Waals surface area contributed by atoms with Crippen molar-refractivity contribution in [2.75, 3.05) is 0 Å². The van der Waals surface area contributed by atoms with E-state index in [1.165, 1.54) is 51.4 Å². The molecule has 2 heteroatoms. The molecule has 2 nitrogen and oxygen atoms in total. The summed E-state index contributed by atoms with van der Waals surface area (Å²) in [6.07, 6.45) is 28.8. The Kier molecular flexibility index (Phi) is 14.1. The molecule has 25 heavy (non-hydrogen) atoms. The highest BCUT2D eigenvalue weighted by Crippen LogP contribution is 2.12. The summed E-state index contributed by atoms with van der Waals surface area (Å²) in [5.74, 6) is -0.0558. The minimum absolute atomic E-state index is 0.0558. The second kappa shape index (κ2) is 16.2. The molecule has 0 aliphatic carbocycles. The van der Waals surface area contributed by atoms with Crippen LogP contribution in [0, 0.1) is 0 Å². The molecule has 1 aliphatic rings. The lowest BCUT2D eigenvalue weighted by Crippen LogP contribution is -2.15. The van der Waals surface area contributed by atoms with Gasteiger partial charge in [-0.1, -0.05) is 82.2 Å². The van der Waals surface area contributed by atoms with Gasteiger partial charge in [0.15, 0.2) is 0 Å². The molecular formula is C23H38O2. The van der Waals surface area contributed by atoms with Gasteiger partial charge in [0.25, 0.3) is 0 Å². The number of allylic oxidation sites excluding steroid dienone is 4. The monoisotopic (exact) mass is 346 g/mol. The molecule has 0 aromatic heterocycles. The molecule has 1 atom stereocenters. The van der Waals surface area contributed by atoms with E-state index >= 15 is 0 Å². The van der Waals surface area contributed by atoms with Gasteiger partial charge < -0.3 is 4.74 Å². The van der Waals surface area contributed by atoms with Crippen LogP contribution in [0.2, 0.25) is 0 Å². The van der Waals surface area contributed by atoms with Crippen LogP contribution in [-0.2, 0) is 9.53 Å². The lowest BCUT2D eigenvalue weighted by atomic mass is 10.1. The number of unbranched alkanes of at least 4 members (excludes halogenated alkanes) is 6. The average Bonchev–Trinajstić information content (AvgIpc) is 2.60. The Hall–Kier alpha value is -1.31. The van der Waals surface area contributed by atoms with Crippen molar-refractivity contribution in [1.82, 2.24) is 0 Å². The molecule has 0 radical (unpaired) electrons. The van der Waals surface area contributed by atoms with Gasteiger partial charge in [-0.15, -0.1) is 0 Å². The fourth-order valence-electron chi connectivity index (χ4n) is 3.03. The smallest absolute Gasteiger partial charge is 0.306 e. The lowest BCUT2D eigenvalue weighted by molar-refractivity contribution is -0.146. The van der Waals surface area contributed by atoms with E-state index in [1.54, 1.807) is 0 Å². The van der Waals surface area contributed by atoms with E-state index in [1.807, 2.05) is 12.2 Å². The van der Waals surface area contributed by atoms with Crippen LogP contribution in [0.1, 0.15) is 96.8 Å². The molecule has 0 amide bonds. The third kappa shape index (κ3) is 13.6. The van der Waals surface area contributed by atoms with Gasteiger partial charge in [0.1, 0.15) is 6.10 Å². The maximum absolute atomic E-state index is 11.9. The second-order valence-electron chi connectivity index (χ2n) is 7.06. The highest BCUT2D eigenvalue weighted by atomic mass is 16.5. The minimum Gasteiger partial charge on any atom is -0.458 e. The van der Waals surface area contributed by atoms with Crippen molar-refractivity contribution >= 4 is 5.97 Å². The maximum atomic E-state index is 11.9. The zero-order valence-electron chi connectivity index (χ0n) is 16.3. The van der Waals surface area contributed by atoms with Gasteiger partial charge in [-0.25, -0.2) is 0 Å². The molecule has 0 fully saturated rings. The standard InChI is InChI=1S/C23H38O2/c1-2-3-4-5-6-7-8-10-13-16-19-22-20-17-14-11-9-12-15-18-21-23(24)25-22/h10,13-14,16-17,19,22H,2-9,11-12,15,18,20-21H2,1H3/b13-10?,17-14-,19-16?. The Labute approximate surface area is 155 Å². The number of hydrogen-bond acceptors (Lipinski definition) is 2. The number of hydrogen-bond donors (Lipinski definition) is 0. The van der Waals surface area contributed by atoms with Gasteiger partial charge in [-0.3, -0.25) is 4.79 Å². The van der Waals surface area contributed by atoms with Crippen LogP contribution in [0.15, 0.2) is 36.5 Å². The summed E-state index contributed by atoms with van der Waals surface area (Å²) < 4.78 is 5.59. The molecule has 0 saturated carbocycles. The highest BCUT2D eigenvalue weighted by Gasteiger charge is 2.10. The summed E-state index contributed by atoms with van der Waals surface area (Å²) >= 11 is 0. The molecular weight excluding hydrogens is 308 g/mol. The van der Waals surface area contributed by atoms with Crippen LogP contribution in [0.25, 0.3) is 0 Å². The first-order valence-electron chi connectivity index (χ1n) is 10.5. The van der Waals surface area contributed by atoms with E-state index < -0.39 is 0 Å². The van der Waals surface area contributed by atoms with E-state index in [9.17, 15) is 4.79 Å². The van der Waals surface area contributed by atoms with Crippen LogP contribution in [0.5, 0.6) is 0 Å². The first kappa shape index (κ1) is 21.7. The molecule has 0 bridgehead atoms. The Morgan fingerprint density at radius 1 is 1.00 bits per heavy atom. The van der Waals surface area contributed by atoms with Crippen molar-refractivity contribution in [1.29, 1.82) is 0 Å². The van der Waals surface area contributed by atoms with Crippen molar-refractivity contribution < 1.29 is 9.53 Å². The van der Waals surface area contributed by atoms with Crippen molar-refractivity contribution in [3.8, 4) is 0 Å². The molecule has 0 aromatic carbocycles. The molecule has 0 N–H and O–H groups in total. The van der Waals surface area contributed by atoms with E-state index in [0.29, 0.717) is 6.42 Å². The number of rotatable bonds is 9. The van der Waals surface area contributed by atoms with Crippen LogP contribution >= 0.6 is 0 Å². The highest BCUT2D eigenvalue weighted by molar-refractivity contribution is 5.69. The van der Waals surface area contributed by atoms with Crippen molar-refractivity contribution in [2.24, 2.45) is 0 Å². The summed E-state index contributed by atoms with van der Waals surface area (Å²) in [5.41, 5.74) is 0. The summed E-state index contributed by atoms with van der Waals surface area (Å²) in [6.45, 7) is 2.25.